The van der Waals surface area contributed by atoms with Crippen LogP contribution >= 0.6 is 0 Å². The van der Waals surface area contributed by atoms with E-state index >= 15 is 0 Å². The highest BCUT2D eigenvalue weighted by molar-refractivity contribution is 5.43. The highest BCUT2D eigenvalue weighted by atomic mass is 15.3. The Labute approximate surface area is 112 Å². The van der Waals surface area contributed by atoms with Crippen LogP contribution in [-0.2, 0) is 0 Å². The molecule has 0 unspecified atom stereocenters. The first-order valence-electron chi connectivity index (χ1n) is 7.09. The zero-order valence-corrected chi connectivity index (χ0v) is 11.1. The van der Waals surface area contributed by atoms with Crippen LogP contribution in [0, 0.1) is 0 Å². The van der Waals surface area contributed by atoms with Crippen LogP contribution in [0.1, 0.15) is 48.9 Å². The zero-order valence-electron chi connectivity index (χ0n) is 11.1. The minimum Gasteiger partial charge on any atom is -0.387 e. The smallest absolute Gasteiger partial charge is 0.153 e. The molecule has 4 nitrogen and oxygen atoms in total. The summed E-state index contributed by atoms with van der Waals surface area (Å²) in [4.78, 5) is 4.52. The summed E-state index contributed by atoms with van der Waals surface area (Å²) in [5.41, 5.74) is 3.65. The summed E-state index contributed by atoms with van der Waals surface area (Å²) < 4.78 is 2.06. The molecule has 2 fully saturated rings. The number of hydrogen-bond donors (Lipinski definition) is 1. The molecule has 0 amide bonds. The summed E-state index contributed by atoms with van der Waals surface area (Å²) in [6, 6.07) is 6.40. The Morgan fingerprint density at radius 2 is 1.95 bits per heavy atom. The maximum absolute atomic E-state index is 4.79. The second kappa shape index (κ2) is 4.08. The van der Waals surface area contributed by atoms with E-state index < -0.39 is 0 Å². The van der Waals surface area contributed by atoms with Gasteiger partial charge in [-0.15, -0.1) is 0 Å². The Hall–Kier alpha value is -1.84. The molecule has 0 bridgehead atoms. The van der Waals surface area contributed by atoms with Crippen molar-refractivity contribution in [3.05, 3.63) is 35.8 Å². The first-order chi connectivity index (χ1) is 9.35. The molecule has 0 aliphatic heterocycles. The zero-order chi connectivity index (χ0) is 12.8. The molecule has 2 aliphatic carbocycles. The minimum atomic E-state index is 0.700. The third kappa shape index (κ3) is 2.01. The molecule has 2 aromatic heterocycles. The summed E-state index contributed by atoms with van der Waals surface area (Å²) in [7, 11) is 1.91. The summed E-state index contributed by atoms with van der Waals surface area (Å²) in [5, 5.41) is 7.89. The Balaban J connectivity index is 1.74. The van der Waals surface area contributed by atoms with Crippen molar-refractivity contribution >= 4 is 5.69 Å². The number of rotatable bonds is 4. The monoisotopic (exact) mass is 254 g/mol. The first kappa shape index (κ1) is 11.0. The van der Waals surface area contributed by atoms with Gasteiger partial charge in [0.15, 0.2) is 5.82 Å². The van der Waals surface area contributed by atoms with Crippen LogP contribution in [0.25, 0.3) is 5.82 Å². The molecule has 4 rings (SSSR count). The highest BCUT2D eigenvalue weighted by Crippen LogP contribution is 2.45. The predicted molar refractivity (Wildman–Crippen MR) is 74.9 cm³/mol. The molecule has 98 valence electrons. The Bertz CT molecular complexity index is 591. The number of hydrogen-bond acceptors (Lipinski definition) is 3. The van der Waals surface area contributed by atoms with Crippen molar-refractivity contribution in [2.45, 2.75) is 37.5 Å². The fourth-order valence-corrected chi connectivity index (χ4v) is 2.51. The van der Waals surface area contributed by atoms with Crippen LogP contribution in [0.3, 0.4) is 0 Å². The van der Waals surface area contributed by atoms with Gasteiger partial charge < -0.3 is 5.32 Å². The Morgan fingerprint density at radius 1 is 1.16 bits per heavy atom. The van der Waals surface area contributed by atoms with E-state index in [9.17, 15) is 0 Å². The number of pyridine rings is 1. The second-order valence-electron chi connectivity index (χ2n) is 5.61. The average molecular weight is 254 g/mol. The van der Waals surface area contributed by atoms with Crippen molar-refractivity contribution in [3.63, 3.8) is 0 Å². The van der Waals surface area contributed by atoms with E-state index in [2.05, 4.69) is 27.1 Å². The minimum absolute atomic E-state index is 0.700. The molecular formula is C15H18N4. The Morgan fingerprint density at radius 3 is 2.53 bits per heavy atom. The van der Waals surface area contributed by atoms with E-state index in [1.54, 1.807) is 0 Å². The molecule has 2 heterocycles. The summed E-state index contributed by atoms with van der Waals surface area (Å²) in [6.07, 6.45) is 7.06. The molecule has 2 aliphatic rings. The molecule has 19 heavy (non-hydrogen) atoms. The van der Waals surface area contributed by atoms with Crippen molar-refractivity contribution in [2.24, 2.45) is 0 Å². The van der Waals surface area contributed by atoms with Gasteiger partial charge in [0, 0.05) is 24.6 Å². The van der Waals surface area contributed by atoms with E-state index in [1.807, 2.05) is 19.3 Å². The van der Waals surface area contributed by atoms with E-state index in [0.29, 0.717) is 11.8 Å². The van der Waals surface area contributed by atoms with Gasteiger partial charge >= 0.3 is 0 Å². The quantitative estimate of drug-likeness (QED) is 0.911. The number of nitrogens with one attached hydrogen (secondary N) is 1. The molecule has 0 saturated heterocycles. The standard InChI is InChI=1S/C15H18N4/c1-16-12-6-7-15(17-9-12)19-14(11-4-5-11)8-13(18-19)10-2-3-10/h6-11,16H,2-5H2,1H3. The fourth-order valence-electron chi connectivity index (χ4n) is 2.51. The lowest BCUT2D eigenvalue weighted by molar-refractivity contribution is 0.766. The van der Waals surface area contributed by atoms with Gasteiger partial charge in [-0.2, -0.15) is 5.10 Å². The lowest BCUT2D eigenvalue weighted by Crippen LogP contribution is -2.04. The van der Waals surface area contributed by atoms with Crippen LogP contribution < -0.4 is 5.32 Å². The molecule has 2 saturated carbocycles. The Kier molecular flexibility index (Phi) is 2.37. The van der Waals surface area contributed by atoms with Gasteiger partial charge in [-0.1, -0.05) is 0 Å². The molecule has 0 spiro atoms. The molecule has 4 heteroatoms. The summed E-state index contributed by atoms with van der Waals surface area (Å²) in [5.74, 6) is 2.34. The summed E-state index contributed by atoms with van der Waals surface area (Å²) >= 11 is 0. The first-order valence-corrected chi connectivity index (χ1v) is 7.09. The lowest BCUT2D eigenvalue weighted by atomic mass is 10.2. The van der Waals surface area contributed by atoms with E-state index in [4.69, 9.17) is 5.10 Å². The van der Waals surface area contributed by atoms with Crippen molar-refractivity contribution in [2.75, 3.05) is 12.4 Å². The van der Waals surface area contributed by atoms with E-state index in [-0.39, 0.29) is 0 Å². The molecule has 2 aromatic rings. The van der Waals surface area contributed by atoms with Gasteiger partial charge in [0.05, 0.1) is 17.6 Å². The van der Waals surface area contributed by atoms with Gasteiger partial charge in [-0.05, 0) is 43.9 Å². The van der Waals surface area contributed by atoms with Crippen molar-refractivity contribution in [1.29, 1.82) is 0 Å². The van der Waals surface area contributed by atoms with Crippen LogP contribution in [0.2, 0.25) is 0 Å². The fraction of sp³-hybridized carbons (Fsp3) is 0.467. The van der Waals surface area contributed by atoms with E-state index in [0.717, 1.165) is 11.5 Å². The maximum Gasteiger partial charge on any atom is 0.153 e. The molecule has 1 N–H and O–H groups in total. The number of nitrogens with zero attached hydrogens (tertiary/aromatic N) is 3. The van der Waals surface area contributed by atoms with Gasteiger partial charge in [-0.25, -0.2) is 9.67 Å². The topological polar surface area (TPSA) is 42.7 Å². The van der Waals surface area contributed by atoms with Crippen molar-refractivity contribution < 1.29 is 0 Å². The summed E-state index contributed by atoms with van der Waals surface area (Å²) in [6.45, 7) is 0. The normalized spacial score (nSPS) is 18.6. The van der Waals surface area contributed by atoms with Crippen LogP contribution in [0.5, 0.6) is 0 Å². The number of anilines is 1. The second-order valence-corrected chi connectivity index (χ2v) is 5.61. The van der Waals surface area contributed by atoms with Crippen LogP contribution in [-0.4, -0.2) is 21.8 Å². The highest BCUT2D eigenvalue weighted by Gasteiger charge is 2.33. The van der Waals surface area contributed by atoms with Gasteiger partial charge in [0.2, 0.25) is 0 Å². The van der Waals surface area contributed by atoms with Gasteiger partial charge in [0.25, 0.3) is 0 Å². The largest absolute Gasteiger partial charge is 0.387 e. The van der Waals surface area contributed by atoms with Crippen molar-refractivity contribution in [1.82, 2.24) is 14.8 Å². The molecule has 0 radical (unpaired) electrons. The molecule has 0 aromatic carbocycles. The lowest BCUT2D eigenvalue weighted by Gasteiger charge is -2.06. The molecular weight excluding hydrogens is 236 g/mol. The van der Waals surface area contributed by atoms with Gasteiger partial charge in [-0.3, -0.25) is 0 Å². The third-order valence-corrected chi connectivity index (χ3v) is 4.00. The predicted octanol–water partition coefficient (Wildman–Crippen LogP) is 3.06. The van der Waals surface area contributed by atoms with Crippen molar-refractivity contribution in [3.8, 4) is 5.82 Å². The van der Waals surface area contributed by atoms with Crippen LogP contribution in [0.15, 0.2) is 24.4 Å². The molecule has 0 atom stereocenters. The van der Waals surface area contributed by atoms with Gasteiger partial charge in [0.1, 0.15) is 0 Å². The SMILES string of the molecule is CNc1ccc(-n2nc(C3CC3)cc2C2CC2)nc1. The number of aromatic nitrogens is 3. The van der Waals surface area contributed by atoms with E-state index in [1.165, 1.54) is 37.1 Å². The average Bonchev–Trinajstić information content (AvgIpc) is 3.37. The van der Waals surface area contributed by atoms with Crippen LogP contribution in [0.4, 0.5) is 5.69 Å². The maximum atomic E-state index is 4.79. The third-order valence-electron chi connectivity index (χ3n) is 4.00.